The predicted molar refractivity (Wildman–Crippen MR) is 100 cm³/mol. The van der Waals surface area contributed by atoms with Crippen molar-refractivity contribution in [3.63, 3.8) is 0 Å². The fraction of sp³-hybridized carbons (Fsp3) is 0.350. The summed E-state index contributed by atoms with van der Waals surface area (Å²) in [7, 11) is 5.83. The van der Waals surface area contributed by atoms with Gasteiger partial charge in [0.1, 0.15) is 5.92 Å². The number of hydrogen-bond donors (Lipinski definition) is 1. The lowest BCUT2D eigenvalue weighted by Crippen LogP contribution is -2.30. The number of fused-ring (bicyclic) bond motifs is 1. The van der Waals surface area contributed by atoms with Crippen molar-refractivity contribution in [3.05, 3.63) is 41.5 Å². The SMILES string of the molecule is COc1cc([C@@H](C(=O)c2ccc(OO)cc2)C(OC)OC)c(OC)c2c1OCO2. The molecule has 0 amide bonds. The highest BCUT2D eigenvalue weighted by atomic mass is 17.1. The summed E-state index contributed by atoms with van der Waals surface area (Å²) in [6.07, 6.45) is -0.921. The fourth-order valence-electron chi connectivity index (χ4n) is 3.27. The molecule has 0 bridgehead atoms. The summed E-state index contributed by atoms with van der Waals surface area (Å²) in [6, 6.07) is 7.64. The Morgan fingerprint density at radius 3 is 2.21 bits per heavy atom. The second-order valence-electron chi connectivity index (χ2n) is 6.06. The van der Waals surface area contributed by atoms with Crippen LogP contribution in [-0.4, -0.2) is 52.6 Å². The summed E-state index contributed by atoms with van der Waals surface area (Å²) in [4.78, 5) is 17.6. The molecule has 156 valence electrons. The lowest BCUT2D eigenvalue weighted by Gasteiger charge is -2.26. The average Bonchev–Trinajstić information content (AvgIpc) is 3.25. The molecule has 2 aromatic rings. The Balaban J connectivity index is 2.15. The highest BCUT2D eigenvalue weighted by molar-refractivity contribution is 6.02. The van der Waals surface area contributed by atoms with Gasteiger partial charge in [0.15, 0.2) is 29.3 Å². The number of Topliss-reactive ketones (excluding diaryl/α,β-unsaturated/α-hetero) is 1. The van der Waals surface area contributed by atoms with Gasteiger partial charge < -0.3 is 33.3 Å². The molecule has 29 heavy (non-hydrogen) atoms. The minimum Gasteiger partial charge on any atom is -0.493 e. The van der Waals surface area contributed by atoms with Crippen molar-refractivity contribution in [2.45, 2.75) is 12.2 Å². The van der Waals surface area contributed by atoms with E-state index in [-0.39, 0.29) is 18.3 Å². The molecule has 9 nitrogen and oxygen atoms in total. The molecule has 2 aromatic carbocycles. The first-order valence-electron chi connectivity index (χ1n) is 8.65. The van der Waals surface area contributed by atoms with Crippen molar-refractivity contribution in [2.75, 3.05) is 35.2 Å². The summed E-state index contributed by atoms with van der Waals surface area (Å²) < 4.78 is 32.8. The van der Waals surface area contributed by atoms with E-state index >= 15 is 0 Å². The molecule has 0 fully saturated rings. The summed E-state index contributed by atoms with van der Waals surface area (Å²) >= 11 is 0. The normalized spacial score (nSPS) is 13.3. The molecule has 0 radical (unpaired) electrons. The monoisotopic (exact) mass is 406 g/mol. The Hall–Kier alpha value is -3.01. The number of carbonyl (C=O) groups excluding carboxylic acids is 1. The Labute approximate surface area is 167 Å². The minimum atomic E-state index is -0.921. The van der Waals surface area contributed by atoms with Crippen molar-refractivity contribution < 1.29 is 43.4 Å². The van der Waals surface area contributed by atoms with Crippen LogP contribution in [0.2, 0.25) is 0 Å². The van der Waals surface area contributed by atoms with Crippen molar-refractivity contribution in [1.29, 1.82) is 0 Å². The molecule has 1 aliphatic heterocycles. The molecule has 3 rings (SSSR count). The smallest absolute Gasteiger partial charge is 0.231 e. The maximum Gasteiger partial charge on any atom is 0.231 e. The third-order valence-electron chi connectivity index (χ3n) is 4.61. The van der Waals surface area contributed by atoms with E-state index in [1.807, 2.05) is 0 Å². The number of carbonyl (C=O) groups is 1. The zero-order valence-electron chi connectivity index (χ0n) is 16.5. The Morgan fingerprint density at radius 1 is 1.00 bits per heavy atom. The van der Waals surface area contributed by atoms with Gasteiger partial charge in [0, 0.05) is 25.3 Å². The summed E-state index contributed by atoms with van der Waals surface area (Å²) in [5.41, 5.74) is 0.809. The quantitative estimate of drug-likeness (QED) is 0.291. The zero-order chi connectivity index (χ0) is 21.0. The van der Waals surface area contributed by atoms with Crippen LogP contribution in [0.5, 0.6) is 28.7 Å². The third-order valence-corrected chi connectivity index (χ3v) is 4.61. The molecule has 0 aliphatic carbocycles. The van der Waals surface area contributed by atoms with Crippen LogP contribution in [0.4, 0.5) is 0 Å². The number of hydrogen-bond acceptors (Lipinski definition) is 9. The lowest BCUT2D eigenvalue weighted by molar-refractivity contribution is -0.137. The summed E-state index contributed by atoms with van der Waals surface area (Å²) in [5.74, 6) is 0.444. The molecule has 1 heterocycles. The van der Waals surface area contributed by atoms with Crippen LogP contribution in [0.3, 0.4) is 0 Å². The minimum absolute atomic E-state index is 0.00469. The van der Waals surface area contributed by atoms with E-state index < -0.39 is 12.2 Å². The van der Waals surface area contributed by atoms with Crippen LogP contribution in [-0.2, 0) is 9.47 Å². The molecule has 0 unspecified atom stereocenters. The van der Waals surface area contributed by atoms with Crippen molar-refractivity contribution in [3.8, 4) is 28.7 Å². The third kappa shape index (κ3) is 3.80. The van der Waals surface area contributed by atoms with Gasteiger partial charge in [0.25, 0.3) is 0 Å². The van der Waals surface area contributed by atoms with Gasteiger partial charge in [0.2, 0.25) is 18.3 Å². The van der Waals surface area contributed by atoms with Crippen LogP contribution in [0.15, 0.2) is 30.3 Å². The molecule has 0 spiro atoms. The van der Waals surface area contributed by atoms with Gasteiger partial charge in [-0.15, -0.1) is 0 Å². The van der Waals surface area contributed by atoms with Gasteiger partial charge in [-0.2, -0.15) is 0 Å². The van der Waals surface area contributed by atoms with Gasteiger partial charge in [-0.25, -0.2) is 5.26 Å². The van der Waals surface area contributed by atoms with Gasteiger partial charge in [-0.1, -0.05) is 0 Å². The first-order valence-corrected chi connectivity index (χ1v) is 8.65. The van der Waals surface area contributed by atoms with Crippen molar-refractivity contribution in [1.82, 2.24) is 0 Å². The maximum atomic E-state index is 13.4. The molecule has 0 saturated heterocycles. The second kappa shape index (κ2) is 8.99. The molecular weight excluding hydrogens is 384 g/mol. The van der Waals surface area contributed by atoms with E-state index in [0.717, 1.165) is 0 Å². The van der Waals surface area contributed by atoms with Crippen molar-refractivity contribution in [2.24, 2.45) is 0 Å². The van der Waals surface area contributed by atoms with Gasteiger partial charge >= 0.3 is 0 Å². The molecule has 1 atom stereocenters. The number of ketones is 1. The van der Waals surface area contributed by atoms with E-state index in [2.05, 4.69) is 4.89 Å². The van der Waals surface area contributed by atoms with E-state index in [1.54, 1.807) is 6.07 Å². The van der Waals surface area contributed by atoms with Crippen LogP contribution in [0, 0.1) is 0 Å². The van der Waals surface area contributed by atoms with Gasteiger partial charge in [-0.05, 0) is 30.3 Å². The van der Waals surface area contributed by atoms with Crippen LogP contribution < -0.4 is 23.8 Å². The molecule has 1 aliphatic rings. The number of rotatable bonds is 9. The molecular formula is C20H22O9. The molecule has 1 N–H and O–H groups in total. The highest BCUT2D eigenvalue weighted by Gasteiger charge is 2.38. The van der Waals surface area contributed by atoms with Crippen LogP contribution >= 0.6 is 0 Å². The Morgan fingerprint density at radius 2 is 1.66 bits per heavy atom. The first kappa shape index (κ1) is 20.7. The summed E-state index contributed by atoms with van der Waals surface area (Å²) in [6.45, 7) is 0.00469. The molecule has 9 heteroatoms. The molecule has 0 saturated carbocycles. The standard InChI is InChI=1S/C20H22O9/c1-23-14-9-13(17(24-2)19-18(14)27-10-28-19)15(20(25-3)26-4)16(21)11-5-7-12(29-22)8-6-11/h5-9,15,20,22H,10H2,1-4H3/t15-/m0/s1. The highest BCUT2D eigenvalue weighted by Crippen LogP contribution is 2.52. The topological polar surface area (TPSA) is 102 Å². The second-order valence-corrected chi connectivity index (χ2v) is 6.06. The average molecular weight is 406 g/mol. The van der Waals surface area contributed by atoms with E-state index in [4.69, 9.17) is 33.7 Å². The summed E-state index contributed by atoms with van der Waals surface area (Å²) in [5, 5.41) is 8.75. The van der Waals surface area contributed by atoms with Crippen LogP contribution in [0.1, 0.15) is 21.8 Å². The molecule has 0 aromatic heterocycles. The Bertz CT molecular complexity index is 859. The Kier molecular flexibility index (Phi) is 6.42. The lowest BCUT2D eigenvalue weighted by atomic mass is 9.88. The van der Waals surface area contributed by atoms with E-state index in [9.17, 15) is 4.79 Å². The maximum absolute atomic E-state index is 13.4. The first-order chi connectivity index (χ1) is 14.1. The fourth-order valence-corrected chi connectivity index (χ4v) is 3.27. The van der Waals surface area contributed by atoms with Gasteiger partial charge in [-0.3, -0.25) is 4.79 Å². The zero-order valence-corrected chi connectivity index (χ0v) is 16.5. The van der Waals surface area contributed by atoms with Crippen LogP contribution in [0.25, 0.3) is 0 Å². The number of methoxy groups -OCH3 is 4. The van der Waals surface area contributed by atoms with E-state index in [0.29, 0.717) is 34.1 Å². The van der Waals surface area contributed by atoms with E-state index in [1.165, 1.54) is 52.7 Å². The number of benzene rings is 2. The van der Waals surface area contributed by atoms with Crippen molar-refractivity contribution >= 4 is 5.78 Å². The number of ether oxygens (including phenoxy) is 6. The van der Waals surface area contributed by atoms with Gasteiger partial charge in [0.05, 0.1) is 14.2 Å². The predicted octanol–water partition coefficient (Wildman–Crippen LogP) is 2.87. The largest absolute Gasteiger partial charge is 0.493 e.